The highest BCUT2D eigenvalue weighted by molar-refractivity contribution is 9.10. The monoisotopic (exact) mass is 482 g/mol. The molecule has 8 heteroatoms. The van der Waals surface area contributed by atoms with Gasteiger partial charge in [-0.15, -0.1) is 10.2 Å². The molecule has 2 aromatic heterocycles. The van der Waals surface area contributed by atoms with Crippen molar-refractivity contribution in [3.8, 4) is 11.6 Å². The van der Waals surface area contributed by atoms with Crippen molar-refractivity contribution in [2.24, 2.45) is 0 Å². The Morgan fingerprint density at radius 1 is 1.20 bits per heavy atom. The predicted molar refractivity (Wildman–Crippen MR) is 122 cm³/mol. The molecule has 0 fully saturated rings. The topological polar surface area (TPSA) is 64.2 Å². The molecule has 0 radical (unpaired) electrons. The summed E-state index contributed by atoms with van der Waals surface area (Å²) in [5, 5.41) is 10.4. The van der Waals surface area contributed by atoms with Crippen LogP contribution in [-0.2, 0) is 17.8 Å². The first-order chi connectivity index (χ1) is 14.6. The van der Waals surface area contributed by atoms with E-state index in [4.69, 9.17) is 4.42 Å². The van der Waals surface area contributed by atoms with Gasteiger partial charge in [-0.1, -0.05) is 45.9 Å². The second-order valence-corrected chi connectivity index (χ2v) is 8.91. The maximum Gasteiger partial charge on any atom is 0.237 e. The van der Waals surface area contributed by atoms with Crippen LogP contribution in [0.15, 0.2) is 62.6 Å². The molecular formula is C22H19BrN4O2S. The van der Waals surface area contributed by atoms with E-state index in [0.29, 0.717) is 23.9 Å². The van der Waals surface area contributed by atoms with Gasteiger partial charge in [0.05, 0.1) is 5.75 Å². The normalized spacial score (nSPS) is 13.2. The molecule has 30 heavy (non-hydrogen) atoms. The van der Waals surface area contributed by atoms with E-state index in [1.165, 1.54) is 17.3 Å². The quantitative estimate of drug-likeness (QED) is 0.367. The Bertz CT molecular complexity index is 1220. The number of fused-ring (bicyclic) bond motifs is 2. The van der Waals surface area contributed by atoms with Gasteiger partial charge in [0.15, 0.2) is 10.9 Å². The number of carbonyl (C=O) groups is 1. The largest absolute Gasteiger partial charge is 0.453 e. The molecule has 152 valence electrons. The molecule has 0 bridgehead atoms. The van der Waals surface area contributed by atoms with E-state index < -0.39 is 0 Å². The lowest BCUT2D eigenvalue weighted by Gasteiger charge is -2.17. The van der Waals surface area contributed by atoms with Gasteiger partial charge in [-0.2, -0.15) is 0 Å². The zero-order valence-corrected chi connectivity index (χ0v) is 18.7. The van der Waals surface area contributed by atoms with Crippen molar-refractivity contribution in [2.75, 3.05) is 17.2 Å². The number of halogens is 1. The van der Waals surface area contributed by atoms with Gasteiger partial charge in [0, 0.05) is 28.6 Å². The molecule has 0 N–H and O–H groups in total. The van der Waals surface area contributed by atoms with E-state index in [9.17, 15) is 4.79 Å². The van der Waals surface area contributed by atoms with Crippen LogP contribution in [0.1, 0.15) is 12.5 Å². The van der Waals surface area contributed by atoms with Gasteiger partial charge in [-0.3, -0.25) is 9.36 Å². The van der Waals surface area contributed by atoms with Crippen molar-refractivity contribution in [3.05, 3.63) is 58.6 Å². The van der Waals surface area contributed by atoms with Crippen molar-refractivity contribution < 1.29 is 9.21 Å². The van der Waals surface area contributed by atoms with Gasteiger partial charge in [0.2, 0.25) is 11.7 Å². The first-order valence-corrected chi connectivity index (χ1v) is 11.6. The Morgan fingerprint density at radius 2 is 2.07 bits per heavy atom. The molecule has 0 aliphatic carbocycles. The molecular weight excluding hydrogens is 464 g/mol. The van der Waals surface area contributed by atoms with E-state index in [-0.39, 0.29) is 5.91 Å². The van der Waals surface area contributed by atoms with Crippen molar-refractivity contribution in [3.63, 3.8) is 0 Å². The Kier molecular flexibility index (Phi) is 5.12. The zero-order chi connectivity index (χ0) is 20.7. The Labute approximate surface area is 186 Å². The lowest BCUT2D eigenvalue weighted by Crippen LogP contribution is -2.30. The summed E-state index contributed by atoms with van der Waals surface area (Å²) in [7, 11) is 0. The molecule has 1 aliphatic heterocycles. The fraction of sp³-hybridized carbons (Fsp3) is 0.227. The third-order valence-electron chi connectivity index (χ3n) is 5.24. The number of hydrogen-bond donors (Lipinski definition) is 0. The SMILES string of the molecule is CCn1c(SCC(=O)N2CCc3cc(Br)ccc32)nnc1-c1cc2ccccc2o1. The van der Waals surface area contributed by atoms with Gasteiger partial charge in [0.1, 0.15) is 5.58 Å². The number of amides is 1. The van der Waals surface area contributed by atoms with Crippen LogP contribution in [0, 0.1) is 0 Å². The van der Waals surface area contributed by atoms with Crippen molar-refractivity contribution in [1.82, 2.24) is 14.8 Å². The van der Waals surface area contributed by atoms with Gasteiger partial charge in [-0.25, -0.2) is 0 Å². The summed E-state index contributed by atoms with van der Waals surface area (Å²) in [6.45, 7) is 3.45. The van der Waals surface area contributed by atoms with Crippen LogP contribution in [0.2, 0.25) is 0 Å². The van der Waals surface area contributed by atoms with Crippen LogP contribution >= 0.6 is 27.7 Å². The standard InChI is InChI=1S/C22H19BrN4O2S/c1-2-26-21(19-12-15-5-3-4-6-18(15)29-19)24-25-22(26)30-13-20(28)27-10-9-14-11-16(23)7-8-17(14)27/h3-8,11-12H,2,9-10,13H2,1H3. The van der Waals surface area contributed by atoms with Gasteiger partial charge in [-0.05, 0) is 49.2 Å². The molecule has 1 amide bonds. The van der Waals surface area contributed by atoms with E-state index in [1.54, 1.807) is 0 Å². The number of anilines is 1. The number of para-hydroxylation sites is 1. The highest BCUT2D eigenvalue weighted by Crippen LogP contribution is 2.32. The first kappa shape index (κ1) is 19.4. The van der Waals surface area contributed by atoms with Crippen molar-refractivity contribution in [2.45, 2.75) is 25.0 Å². The highest BCUT2D eigenvalue weighted by atomic mass is 79.9. The fourth-order valence-corrected chi connectivity index (χ4v) is 5.08. The second-order valence-electron chi connectivity index (χ2n) is 7.06. The molecule has 0 unspecified atom stereocenters. The third kappa shape index (κ3) is 3.44. The Morgan fingerprint density at radius 3 is 2.90 bits per heavy atom. The lowest BCUT2D eigenvalue weighted by molar-refractivity contribution is -0.116. The van der Waals surface area contributed by atoms with Gasteiger partial charge >= 0.3 is 0 Å². The average molecular weight is 483 g/mol. The van der Waals surface area contributed by atoms with Crippen LogP contribution in [0.5, 0.6) is 0 Å². The molecule has 4 aromatic rings. The van der Waals surface area contributed by atoms with E-state index in [2.05, 4.69) is 32.2 Å². The van der Waals surface area contributed by atoms with Crippen molar-refractivity contribution in [1.29, 1.82) is 0 Å². The minimum absolute atomic E-state index is 0.0806. The number of carbonyl (C=O) groups excluding carboxylic acids is 1. The molecule has 0 spiro atoms. The molecule has 0 saturated heterocycles. The summed E-state index contributed by atoms with van der Waals surface area (Å²) in [6.07, 6.45) is 0.881. The summed E-state index contributed by atoms with van der Waals surface area (Å²) >= 11 is 4.91. The van der Waals surface area contributed by atoms with Crippen LogP contribution in [0.25, 0.3) is 22.6 Å². The van der Waals surface area contributed by atoms with Gasteiger partial charge < -0.3 is 9.32 Å². The molecule has 2 aromatic carbocycles. The van der Waals surface area contributed by atoms with Crippen molar-refractivity contribution >= 4 is 50.3 Å². The van der Waals surface area contributed by atoms with Crippen LogP contribution in [-0.4, -0.2) is 33.0 Å². The van der Waals surface area contributed by atoms with Gasteiger partial charge in [0.25, 0.3) is 0 Å². The summed E-state index contributed by atoms with van der Waals surface area (Å²) in [5.74, 6) is 1.76. The number of aromatic nitrogens is 3. The number of thioether (sulfide) groups is 1. The molecule has 6 nitrogen and oxygen atoms in total. The summed E-state index contributed by atoms with van der Waals surface area (Å²) in [5.41, 5.74) is 3.03. The molecule has 3 heterocycles. The number of benzene rings is 2. The second kappa shape index (κ2) is 7.92. The average Bonchev–Trinajstić information content (AvgIpc) is 3.46. The Hall–Kier alpha value is -2.58. The van der Waals surface area contributed by atoms with E-state index >= 15 is 0 Å². The molecule has 1 aliphatic rings. The molecule has 5 rings (SSSR count). The van der Waals surface area contributed by atoms with E-state index in [1.807, 2.05) is 58.9 Å². The Balaban J connectivity index is 1.34. The molecule has 0 atom stereocenters. The minimum Gasteiger partial charge on any atom is -0.453 e. The highest BCUT2D eigenvalue weighted by Gasteiger charge is 2.25. The predicted octanol–water partition coefficient (Wildman–Crippen LogP) is 5.16. The lowest BCUT2D eigenvalue weighted by atomic mass is 10.2. The minimum atomic E-state index is 0.0806. The maximum absolute atomic E-state index is 12.9. The number of rotatable bonds is 5. The summed E-state index contributed by atoms with van der Waals surface area (Å²) in [4.78, 5) is 14.7. The smallest absolute Gasteiger partial charge is 0.237 e. The first-order valence-electron chi connectivity index (χ1n) is 9.78. The molecule has 0 saturated carbocycles. The number of nitrogens with zero attached hydrogens (tertiary/aromatic N) is 4. The van der Waals surface area contributed by atoms with E-state index in [0.717, 1.165) is 39.3 Å². The third-order valence-corrected chi connectivity index (χ3v) is 6.69. The summed E-state index contributed by atoms with van der Waals surface area (Å²) in [6, 6.07) is 15.9. The fourth-order valence-electron chi connectivity index (χ4n) is 3.79. The summed E-state index contributed by atoms with van der Waals surface area (Å²) < 4.78 is 8.99. The van der Waals surface area contributed by atoms with Crippen LogP contribution in [0.3, 0.4) is 0 Å². The van der Waals surface area contributed by atoms with Crippen LogP contribution < -0.4 is 4.90 Å². The zero-order valence-electron chi connectivity index (χ0n) is 16.3. The van der Waals surface area contributed by atoms with Crippen LogP contribution in [0.4, 0.5) is 5.69 Å². The number of furan rings is 1. The number of hydrogen-bond acceptors (Lipinski definition) is 5. The maximum atomic E-state index is 12.9.